The van der Waals surface area contributed by atoms with E-state index in [0.29, 0.717) is 49.1 Å². The largest absolute Gasteiger partial charge is 0.492 e. The Morgan fingerprint density at radius 2 is 1.92 bits per heavy atom. The summed E-state index contributed by atoms with van der Waals surface area (Å²) in [5, 5.41) is 6.00. The number of rotatable bonds is 7. The molecule has 6 atom stereocenters. The Labute approximate surface area is 293 Å². The van der Waals surface area contributed by atoms with Crippen LogP contribution in [0.15, 0.2) is 36.7 Å². The highest BCUT2D eigenvalue weighted by molar-refractivity contribution is 5.89. The number of aldehydes is 1. The van der Waals surface area contributed by atoms with Crippen molar-refractivity contribution in [2.45, 2.75) is 103 Å². The molecule has 2 fully saturated rings. The van der Waals surface area contributed by atoms with Crippen LogP contribution in [0.4, 0.5) is 10.7 Å². The van der Waals surface area contributed by atoms with Gasteiger partial charge in [-0.3, -0.25) is 4.79 Å². The molecule has 13 nitrogen and oxygen atoms in total. The number of benzene rings is 1. The van der Waals surface area contributed by atoms with Crippen LogP contribution >= 0.6 is 0 Å². The number of aromatic nitrogens is 4. The van der Waals surface area contributed by atoms with Gasteiger partial charge in [-0.1, -0.05) is 40.5 Å². The molecule has 0 radical (unpaired) electrons. The predicted molar refractivity (Wildman–Crippen MR) is 187 cm³/mol. The summed E-state index contributed by atoms with van der Waals surface area (Å²) in [6, 6.07) is 5.76. The van der Waals surface area contributed by atoms with Crippen LogP contribution in [0, 0.1) is 17.3 Å². The molecule has 4 heterocycles. The number of alkyl carbamates (subject to hydrolysis) is 1. The fraction of sp³-hybridized carbons (Fsp3) is 0.595. The van der Waals surface area contributed by atoms with Gasteiger partial charge in [-0.15, -0.1) is 0 Å². The quantitative estimate of drug-likeness (QED) is 0.251. The number of hydrogen-bond acceptors (Lipinski definition) is 11. The molecule has 2 aliphatic heterocycles. The van der Waals surface area contributed by atoms with Crippen molar-refractivity contribution in [1.29, 1.82) is 0 Å². The topological polar surface area (TPSA) is 158 Å². The van der Waals surface area contributed by atoms with Crippen molar-refractivity contribution in [3.63, 3.8) is 0 Å². The number of amides is 2. The number of aryl methyl sites for hydroxylation is 1. The van der Waals surface area contributed by atoms with E-state index in [9.17, 15) is 14.4 Å². The van der Waals surface area contributed by atoms with Crippen LogP contribution in [0.2, 0.25) is 0 Å². The molecule has 13 heteroatoms. The van der Waals surface area contributed by atoms with Crippen LogP contribution in [-0.4, -0.2) is 86.6 Å². The first-order chi connectivity index (χ1) is 24.0. The summed E-state index contributed by atoms with van der Waals surface area (Å²) in [7, 11) is 0. The van der Waals surface area contributed by atoms with E-state index in [0.717, 1.165) is 49.6 Å². The number of ether oxygens (including phenoxy) is 3. The van der Waals surface area contributed by atoms with Crippen molar-refractivity contribution in [2.75, 3.05) is 25.0 Å². The average molecular weight is 688 g/mol. The maximum absolute atomic E-state index is 14.2. The average Bonchev–Trinajstić information content (AvgIpc) is 3.58. The molecule has 1 saturated carbocycles. The molecule has 6 rings (SSSR count). The first-order valence-corrected chi connectivity index (χ1v) is 17.9. The SMILES string of the molecule is CC[C@@H]1[C@@H]2CN(C(=O)[C@H](C(C)(C)C)NC(=O)O[C@]3(C)C[C@H]3CCCCCc3nc4ccc(OCCNc5ncccn5)cc4nc3O2)[C@@H]1C=O. The third-order valence-corrected chi connectivity index (χ3v) is 10.2. The van der Waals surface area contributed by atoms with Crippen molar-refractivity contribution in [2.24, 2.45) is 17.3 Å². The Morgan fingerprint density at radius 3 is 2.66 bits per heavy atom. The van der Waals surface area contributed by atoms with Crippen LogP contribution < -0.4 is 20.1 Å². The summed E-state index contributed by atoms with van der Waals surface area (Å²) in [4.78, 5) is 59.9. The van der Waals surface area contributed by atoms with E-state index in [1.54, 1.807) is 23.4 Å². The van der Waals surface area contributed by atoms with Gasteiger partial charge < -0.3 is 34.5 Å². The minimum atomic E-state index is -0.904. The molecule has 3 aromatic rings. The molecule has 1 aromatic carbocycles. The summed E-state index contributed by atoms with van der Waals surface area (Å²) in [5.74, 6) is 1.24. The molecule has 1 aliphatic carbocycles. The minimum absolute atomic E-state index is 0.171. The summed E-state index contributed by atoms with van der Waals surface area (Å²) < 4.78 is 18.6. The first kappa shape index (κ1) is 35.3. The Bertz CT molecular complexity index is 1680. The second kappa shape index (κ2) is 14.7. The van der Waals surface area contributed by atoms with Crippen LogP contribution in [0.3, 0.4) is 0 Å². The smallest absolute Gasteiger partial charge is 0.408 e. The molecule has 2 amide bonds. The number of fused-ring (bicyclic) bond motifs is 5. The summed E-state index contributed by atoms with van der Waals surface area (Å²) in [5.41, 5.74) is 0.918. The zero-order valence-corrected chi connectivity index (χ0v) is 29.7. The highest BCUT2D eigenvalue weighted by Gasteiger charge is 2.54. The Morgan fingerprint density at radius 1 is 1.12 bits per heavy atom. The normalized spacial score (nSPS) is 27.5. The highest BCUT2D eigenvalue weighted by Crippen LogP contribution is 2.49. The zero-order chi connectivity index (χ0) is 35.5. The summed E-state index contributed by atoms with van der Waals surface area (Å²) in [6.45, 7) is 10.7. The lowest BCUT2D eigenvalue weighted by atomic mass is 9.85. The van der Waals surface area contributed by atoms with Gasteiger partial charge in [0.05, 0.1) is 30.2 Å². The second-order valence-corrected chi connectivity index (χ2v) is 15.0. The monoisotopic (exact) mass is 687 g/mol. The van der Waals surface area contributed by atoms with Crippen LogP contribution in [0.1, 0.15) is 78.8 Å². The summed E-state index contributed by atoms with van der Waals surface area (Å²) >= 11 is 0. The van der Waals surface area contributed by atoms with E-state index in [4.69, 9.17) is 24.2 Å². The van der Waals surface area contributed by atoms with Gasteiger partial charge in [0, 0.05) is 30.3 Å². The molecular weight excluding hydrogens is 638 g/mol. The lowest BCUT2D eigenvalue weighted by Gasteiger charge is -2.35. The first-order valence-electron chi connectivity index (χ1n) is 17.9. The third kappa shape index (κ3) is 7.92. The van der Waals surface area contributed by atoms with E-state index in [1.165, 1.54) is 0 Å². The molecule has 2 N–H and O–H groups in total. The van der Waals surface area contributed by atoms with Crippen LogP contribution in [-0.2, 0) is 20.7 Å². The predicted octanol–water partition coefficient (Wildman–Crippen LogP) is 5.13. The van der Waals surface area contributed by atoms with Gasteiger partial charge in [0.2, 0.25) is 17.7 Å². The highest BCUT2D eigenvalue weighted by atomic mass is 16.6. The molecule has 0 spiro atoms. The number of nitrogens with one attached hydrogen (secondary N) is 2. The maximum Gasteiger partial charge on any atom is 0.408 e. The van der Waals surface area contributed by atoms with E-state index in [1.807, 2.05) is 52.8 Å². The zero-order valence-electron chi connectivity index (χ0n) is 29.7. The van der Waals surface area contributed by atoms with Crippen molar-refractivity contribution >= 4 is 35.3 Å². The molecule has 2 bridgehead atoms. The standard InChI is InChI=1S/C37H49N7O6/c1-6-25-29(22-45)44-21-30(25)49-32-27(41-26-14-13-24(19-28(26)42-32)48-18-17-40-34-38-15-10-16-39-34)12-9-7-8-11-23-20-37(23,5)50-35(47)43-31(33(44)46)36(2,3)4/h10,13-16,19,22-23,25,29-31H,6-9,11-12,17-18,20-21H2,1-5H3,(H,43,47)(H,38,39,40)/t23-,25+,29-,30+,31-,37-/m1/s1. The van der Waals surface area contributed by atoms with E-state index in [-0.39, 0.29) is 24.3 Å². The van der Waals surface area contributed by atoms with Gasteiger partial charge >= 0.3 is 6.09 Å². The van der Waals surface area contributed by atoms with Gasteiger partial charge in [0.25, 0.3) is 0 Å². The summed E-state index contributed by atoms with van der Waals surface area (Å²) in [6.07, 6.45) is 8.93. The third-order valence-electron chi connectivity index (χ3n) is 10.2. The van der Waals surface area contributed by atoms with Crippen molar-refractivity contribution in [3.8, 4) is 11.6 Å². The molecule has 1 saturated heterocycles. The van der Waals surface area contributed by atoms with Gasteiger partial charge in [-0.25, -0.2) is 24.7 Å². The van der Waals surface area contributed by atoms with Crippen molar-refractivity contribution in [1.82, 2.24) is 30.2 Å². The van der Waals surface area contributed by atoms with E-state index in [2.05, 4.69) is 20.6 Å². The van der Waals surface area contributed by atoms with Crippen molar-refractivity contribution < 1.29 is 28.6 Å². The molecular formula is C37H49N7O6. The molecule has 50 heavy (non-hydrogen) atoms. The fourth-order valence-electron chi connectivity index (χ4n) is 7.21. The number of carbonyl (C=O) groups is 3. The minimum Gasteiger partial charge on any atom is -0.492 e. The Hall–Kier alpha value is -4.55. The maximum atomic E-state index is 14.2. The second-order valence-electron chi connectivity index (χ2n) is 15.0. The van der Waals surface area contributed by atoms with Gasteiger partial charge in [-0.2, -0.15) is 0 Å². The lowest BCUT2D eigenvalue weighted by Crippen LogP contribution is -2.56. The molecule has 0 unspecified atom stereocenters. The lowest BCUT2D eigenvalue weighted by molar-refractivity contribution is -0.139. The number of hydrogen-bond donors (Lipinski definition) is 2. The Kier molecular flexibility index (Phi) is 10.4. The molecule has 3 aliphatic rings. The van der Waals surface area contributed by atoms with E-state index >= 15 is 0 Å². The van der Waals surface area contributed by atoms with Gasteiger partial charge in [0.15, 0.2) is 0 Å². The molecule has 2 aromatic heterocycles. The van der Waals surface area contributed by atoms with Crippen LogP contribution in [0.5, 0.6) is 11.6 Å². The van der Waals surface area contributed by atoms with Crippen molar-refractivity contribution in [3.05, 3.63) is 42.4 Å². The number of anilines is 1. The number of carbonyl (C=O) groups excluding carboxylic acids is 3. The fourth-order valence-corrected chi connectivity index (χ4v) is 7.21. The van der Waals surface area contributed by atoms with E-state index < -0.39 is 35.3 Å². The van der Waals surface area contributed by atoms with Gasteiger partial charge in [0.1, 0.15) is 42.1 Å². The van der Waals surface area contributed by atoms with Crippen LogP contribution in [0.25, 0.3) is 11.0 Å². The number of nitrogens with zero attached hydrogens (tertiary/aromatic N) is 5. The molecule has 268 valence electrons. The van der Waals surface area contributed by atoms with Gasteiger partial charge in [-0.05, 0) is 62.6 Å². The Balaban J connectivity index is 1.27.